The number of nitrogens with one attached hydrogen (secondary N) is 2. The molecule has 0 radical (unpaired) electrons. The summed E-state index contributed by atoms with van der Waals surface area (Å²) in [7, 11) is -3.10. The molecule has 2 aliphatic rings. The summed E-state index contributed by atoms with van der Waals surface area (Å²) in [5, 5.41) is 6.85. The minimum Gasteiger partial charge on any atom is -0.373 e. The molecule has 0 bridgehead atoms. The molecule has 3 rings (SSSR count). The molecule has 30 heavy (non-hydrogen) atoms. The fourth-order valence-corrected chi connectivity index (χ4v) is 5.76. The molecule has 7 nitrogen and oxygen atoms in total. The first-order valence-corrected chi connectivity index (χ1v) is 12.8. The Labute approximate surface area is 181 Å². The Balaban J connectivity index is 1.55. The van der Waals surface area contributed by atoms with Crippen LogP contribution >= 0.6 is 0 Å². The molecule has 8 heteroatoms. The number of ether oxygens (including phenoxy) is 1. The number of hydrogen-bond donors (Lipinski definition) is 2. The van der Waals surface area contributed by atoms with Gasteiger partial charge in [-0.3, -0.25) is 4.99 Å². The van der Waals surface area contributed by atoms with Crippen LogP contribution in [0.3, 0.4) is 0 Å². The Morgan fingerprint density at radius 3 is 2.57 bits per heavy atom. The maximum atomic E-state index is 12.3. The summed E-state index contributed by atoms with van der Waals surface area (Å²) < 4.78 is 32.2. The molecule has 0 spiro atoms. The zero-order valence-corrected chi connectivity index (χ0v) is 19.0. The van der Waals surface area contributed by atoms with Gasteiger partial charge in [0.05, 0.1) is 11.9 Å². The highest BCUT2D eigenvalue weighted by Crippen LogP contribution is 2.34. The standard InChI is InChI=1S/C22H36N4O3S/c1-3-16-30(27,28)26-13-10-20(11-14-26)25-22(23-4-2)24-17-19-12-15-29-21(19)18-8-6-5-7-9-18/h5-9,19-21H,3-4,10-17H2,1-2H3,(H2,23,24,25). The molecule has 0 aliphatic carbocycles. The van der Waals surface area contributed by atoms with E-state index in [-0.39, 0.29) is 17.9 Å². The number of piperidine rings is 1. The molecule has 0 amide bonds. The van der Waals surface area contributed by atoms with Crippen LogP contribution in [0.1, 0.15) is 51.2 Å². The average molecular weight is 437 g/mol. The number of rotatable bonds is 8. The summed E-state index contributed by atoms with van der Waals surface area (Å²) in [4.78, 5) is 4.85. The lowest BCUT2D eigenvalue weighted by Gasteiger charge is -2.32. The van der Waals surface area contributed by atoms with E-state index in [1.165, 1.54) is 5.56 Å². The van der Waals surface area contributed by atoms with Crippen molar-refractivity contribution < 1.29 is 13.2 Å². The third-order valence-electron chi connectivity index (χ3n) is 5.82. The second-order valence-electron chi connectivity index (χ2n) is 8.10. The topological polar surface area (TPSA) is 83.0 Å². The van der Waals surface area contributed by atoms with Gasteiger partial charge in [0.15, 0.2) is 5.96 Å². The van der Waals surface area contributed by atoms with Crippen LogP contribution in [0, 0.1) is 5.92 Å². The Bertz CT molecular complexity index is 777. The van der Waals surface area contributed by atoms with Gasteiger partial charge >= 0.3 is 0 Å². The fourth-order valence-electron chi connectivity index (χ4n) is 4.22. The first kappa shape index (κ1) is 23.0. The van der Waals surface area contributed by atoms with Crippen LogP contribution in [0.25, 0.3) is 0 Å². The molecule has 2 aliphatic heterocycles. The molecular weight excluding hydrogens is 400 g/mol. The molecule has 1 aromatic carbocycles. The monoisotopic (exact) mass is 436 g/mol. The van der Waals surface area contributed by atoms with Crippen molar-refractivity contribution in [3.8, 4) is 0 Å². The Morgan fingerprint density at radius 1 is 1.17 bits per heavy atom. The molecule has 2 heterocycles. The van der Waals surface area contributed by atoms with Gasteiger partial charge in [-0.05, 0) is 38.2 Å². The predicted molar refractivity (Wildman–Crippen MR) is 121 cm³/mol. The maximum Gasteiger partial charge on any atom is 0.214 e. The minimum absolute atomic E-state index is 0.102. The van der Waals surface area contributed by atoms with E-state index in [0.717, 1.165) is 38.4 Å². The van der Waals surface area contributed by atoms with Crippen molar-refractivity contribution >= 4 is 16.0 Å². The van der Waals surface area contributed by atoms with Gasteiger partial charge in [0.25, 0.3) is 0 Å². The van der Waals surface area contributed by atoms with E-state index in [4.69, 9.17) is 9.73 Å². The van der Waals surface area contributed by atoms with E-state index in [2.05, 4.69) is 41.8 Å². The lowest BCUT2D eigenvalue weighted by Crippen LogP contribution is -2.50. The molecule has 2 N–H and O–H groups in total. The molecule has 2 unspecified atom stereocenters. The zero-order valence-electron chi connectivity index (χ0n) is 18.2. The second kappa shape index (κ2) is 11.1. The van der Waals surface area contributed by atoms with Gasteiger partial charge < -0.3 is 15.4 Å². The van der Waals surface area contributed by atoms with E-state index in [1.807, 2.05) is 13.0 Å². The largest absolute Gasteiger partial charge is 0.373 e. The normalized spacial score (nSPS) is 24.1. The molecule has 2 saturated heterocycles. The summed E-state index contributed by atoms with van der Waals surface area (Å²) in [6, 6.07) is 10.6. The first-order valence-electron chi connectivity index (χ1n) is 11.2. The van der Waals surface area contributed by atoms with E-state index in [0.29, 0.717) is 32.0 Å². The molecule has 1 aromatic rings. The van der Waals surface area contributed by atoms with Gasteiger partial charge in [-0.15, -0.1) is 0 Å². The van der Waals surface area contributed by atoms with Crippen LogP contribution in [0.2, 0.25) is 0 Å². The van der Waals surface area contributed by atoms with Crippen LogP contribution in [0.5, 0.6) is 0 Å². The van der Waals surface area contributed by atoms with Gasteiger partial charge in [0, 0.05) is 44.7 Å². The highest BCUT2D eigenvalue weighted by Gasteiger charge is 2.30. The number of benzene rings is 1. The first-order chi connectivity index (χ1) is 14.5. The molecular formula is C22H36N4O3S. The maximum absolute atomic E-state index is 12.3. The SMILES string of the molecule is CCCS(=O)(=O)N1CCC(NC(=NCC2CCOC2c2ccccc2)NCC)CC1. The van der Waals surface area contributed by atoms with E-state index < -0.39 is 10.0 Å². The van der Waals surface area contributed by atoms with Crippen LogP contribution < -0.4 is 10.6 Å². The minimum atomic E-state index is -3.10. The number of guanidine groups is 1. The Morgan fingerprint density at radius 2 is 1.90 bits per heavy atom. The van der Waals surface area contributed by atoms with Crippen LogP contribution in [-0.4, -0.2) is 63.3 Å². The van der Waals surface area contributed by atoms with E-state index in [1.54, 1.807) is 4.31 Å². The van der Waals surface area contributed by atoms with Crippen molar-refractivity contribution in [3.05, 3.63) is 35.9 Å². The zero-order chi connectivity index (χ0) is 21.4. The Kier molecular flexibility index (Phi) is 8.53. The van der Waals surface area contributed by atoms with Crippen LogP contribution in [0.4, 0.5) is 0 Å². The van der Waals surface area contributed by atoms with Crippen molar-refractivity contribution in [2.24, 2.45) is 10.9 Å². The summed E-state index contributed by atoms with van der Waals surface area (Å²) in [5.74, 6) is 1.41. The lowest BCUT2D eigenvalue weighted by atomic mass is 9.95. The van der Waals surface area contributed by atoms with Crippen molar-refractivity contribution in [1.29, 1.82) is 0 Å². The molecule has 168 valence electrons. The highest BCUT2D eigenvalue weighted by atomic mass is 32.2. The van der Waals surface area contributed by atoms with E-state index >= 15 is 0 Å². The molecule has 2 atom stereocenters. The van der Waals surface area contributed by atoms with Crippen molar-refractivity contribution in [2.45, 2.75) is 51.7 Å². The van der Waals surface area contributed by atoms with Crippen molar-refractivity contribution in [3.63, 3.8) is 0 Å². The van der Waals surface area contributed by atoms with Gasteiger partial charge in [0.2, 0.25) is 10.0 Å². The van der Waals surface area contributed by atoms with Gasteiger partial charge in [0.1, 0.15) is 0 Å². The third-order valence-corrected chi connectivity index (χ3v) is 7.90. The van der Waals surface area contributed by atoms with Gasteiger partial charge in [-0.2, -0.15) is 0 Å². The number of nitrogens with zero attached hydrogens (tertiary/aromatic N) is 2. The molecule has 2 fully saturated rings. The van der Waals surface area contributed by atoms with Crippen LogP contribution in [0.15, 0.2) is 35.3 Å². The number of hydrogen-bond acceptors (Lipinski definition) is 4. The quantitative estimate of drug-likeness (QED) is 0.483. The lowest BCUT2D eigenvalue weighted by molar-refractivity contribution is 0.0925. The highest BCUT2D eigenvalue weighted by molar-refractivity contribution is 7.89. The summed E-state index contributed by atoms with van der Waals surface area (Å²) >= 11 is 0. The fraction of sp³-hybridized carbons (Fsp3) is 0.682. The number of aliphatic imine (C=N–C) groups is 1. The number of sulfonamides is 1. The van der Waals surface area contributed by atoms with Crippen molar-refractivity contribution in [2.75, 3.05) is 38.5 Å². The third kappa shape index (κ3) is 6.18. The predicted octanol–water partition coefficient (Wildman–Crippen LogP) is 2.52. The average Bonchev–Trinajstić information content (AvgIpc) is 3.22. The molecule has 0 saturated carbocycles. The van der Waals surface area contributed by atoms with Gasteiger partial charge in [-0.1, -0.05) is 37.3 Å². The summed E-state index contributed by atoms with van der Waals surface area (Å²) in [6.45, 7) is 7.38. The van der Waals surface area contributed by atoms with Crippen LogP contribution in [-0.2, 0) is 14.8 Å². The van der Waals surface area contributed by atoms with E-state index in [9.17, 15) is 8.42 Å². The Hall–Kier alpha value is -1.64. The summed E-state index contributed by atoms with van der Waals surface area (Å²) in [5.41, 5.74) is 1.22. The van der Waals surface area contributed by atoms with Crippen molar-refractivity contribution in [1.82, 2.24) is 14.9 Å². The second-order valence-corrected chi connectivity index (χ2v) is 10.2. The molecule has 0 aromatic heterocycles. The smallest absolute Gasteiger partial charge is 0.214 e. The van der Waals surface area contributed by atoms with Gasteiger partial charge in [-0.25, -0.2) is 12.7 Å². The summed E-state index contributed by atoms with van der Waals surface area (Å²) in [6.07, 6.45) is 3.37.